The van der Waals surface area contributed by atoms with Gasteiger partial charge in [-0.05, 0) is 93.0 Å². The second kappa shape index (κ2) is 17.7. The molecule has 4 N–H and O–H groups in total. The van der Waals surface area contributed by atoms with Gasteiger partial charge in [0.2, 0.25) is 5.79 Å². The number of phenolic OH excluding ortho intramolecular Hbond substituents is 1. The largest absolute Gasteiger partial charge is 0.508 e. The highest BCUT2D eigenvalue weighted by Gasteiger charge is 2.93. The van der Waals surface area contributed by atoms with Crippen molar-refractivity contribution in [1.82, 2.24) is 15.0 Å². The van der Waals surface area contributed by atoms with Crippen LogP contribution in [0.2, 0.25) is 0 Å². The number of fused-ring (bicyclic) bond motifs is 15. The number of hydrogen-bond donors (Lipinski definition) is 4. The minimum absolute atomic E-state index is 0.0147. The Bertz CT molecular complexity index is 3400. The predicted molar refractivity (Wildman–Crippen MR) is 279 cm³/mol. The number of hydrogen-bond acceptors (Lipinski definition) is 20. The van der Waals surface area contributed by atoms with E-state index in [9.17, 15) is 44.4 Å². The molecule has 82 heavy (non-hydrogen) atoms. The molecule has 5 aliphatic carbocycles. The lowest BCUT2D eigenvalue weighted by atomic mass is 9.39. The molecule has 3 aromatic carbocycles. The van der Waals surface area contributed by atoms with E-state index in [2.05, 4.69) is 10.3 Å². The zero-order valence-electron chi connectivity index (χ0n) is 46.7. The average molecular weight is 1130 g/mol. The number of ether oxygens (including phenoxy) is 9. The number of benzene rings is 3. The highest BCUT2D eigenvalue weighted by molar-refractivity contribution is 5.97. The summed E-state index contributed by atoms with van der Waals surface area (Å²) in [4.78, 5) is 67.6. The number of aliphatic hydroxyl groups is 3. The topological polar surface area (TPSA) is 287 Å². The summed E-state index contributed by atoms with van der Waals surface area (Å²) >= 11 is 0. The Kier molecular flexibility index (Phi) is 11.5. The lowest BCUT2D eigenvalue weighted by molar-refractivity contribution is -0.286. The minimum atomic E-state index is -2.09. The molecule has 5 saturated carbocycles. The second-order valence-corrected chi connectivity index (χ2v) is 25.8. The van der Waals surface area contributed by atoms with E-state index < -0.39 is 147 Å². The van der Waals surface area contributed by atoms with E-state index in [-0.39, 0.29) is 30.8 Å². The molecular weight excluding hydrogens is 1060 g/mol. The molecule has 0 bridgehead atoms. The lowest BCUT2D eigenvalue weighted by Gasteiger charge is -2.67. The molecule has 434 valence electrons. The SMILES string of the molecule is CC(=O)O[C@H]1[C@@H](C)[C@H]2[C@@H]([C@@H](O)[C@@H](OC(=O)CCCCn3cc(COc4ccc5c(c4)Oc4cc(O)ccc4C54OC(=O)c5ccccc54)nn3)[C@H]3C[C@@H]4O[C@@H]4[C@H](OC(C)=O)[C@]23C)[C@@H]2[C@@H](O)[C@@H]3[C@H]([C@H](C)C4OC45OC(=O)[C@@](C)(O)[C@]35C)[C@]21C. The molecular formula is C61H67N3O18. The molecule has 0 radical (unpaired) electrons. The Balaban J connectivity index is 0.690. The third-order valence-corrected chi connectivity index (χ3v) is 21.9. The molecule has 21 nitrogen and oxygen atoms in total. The first-order chi connectivity index (χ1) is 38.9. The van der Waals surface area contributed by atoms with Crippen LogP contribution < -0.4 is 9.47 Å². The van der Waals surface area contributed by atoms with Crippen molar-refractivity contribution < 1.29 is 87.0 Å². The van der Waals surface area contributed by atoms with Gasteiger partial charge in [0.1, 0.15) is 65.8 Å². The van der Waals surface area contributed by atoms with Gasteiger partial charge in [-0.2, -0.15) is 0 Å². The van der Waals surface area contributed by atoms with E-state index in [0.29, 0.717) is 71.0 Å². The molecule has 3 unspecified atom stereocenters. The van der Waals surface area contributed by atoms with Gasteiger partial charge in [0, 0.05) is 84.2 Å². The number of rotatable bonds is 11. The maximum absolute atomic E-state index is 14.3. The molecule has 5 aliphatic heterocycles. The highest BCUT2D eigenvalue weighted by atomic mass is 16.8. The van der Waals surface area contributed by atoms with Gasteiger partial charge in [-0.25, -0.2) is 9.59 Å². The van der Waals surface area contributed by atoms with Crippen LogP contribution in [0.5, 0.6) is 23.0 Å². The van der Waals surface area contributed by atoms with Gasteiger partial charge in [-0.1, -0.05) is 51.1 Å². The fourth-order valence-electron chi connectivity index (χ4n) is 18.7. The van der Waals surface area contributed by atoms with Crippen molar-refractivity contribution in [1.29, 1.82) is 0 Å². The van der Waals surface area contributed by atoms with Crippen LogP contribution in [0.15, 0.2) is 66.9 Å². The number of carbonyl (C=O) groups excluding carboxylic acids is 5. The van der Waals surface area contributed by atoms with E-state index in [4.69, 9.17) is 42.6 Å². The first kappa shape index (κ1) is 53.4. The maximum atomic E-state index is 14.3. The number of aliphatic hydroxyl groups excluding tert-OH is 2. The van der Waals surface area contributed by atoms with Crippen LogP contribution in [-0.2, 0) is 71.1 Å². The number of carbonyl (C=O) groups is 5. The summed E-state index contributed by atoms with van der Waals surface area (Å²) in [5, 5.41) is 57.7. The molecule has 22 atom stereocenters. The monoisotopic (exact) mass is 1130 g/mol. The molecule has 1 aromatic heterocycles. The summed E-state index contributed by atoms with van der Waals surface area (Å²) < 4.78 is 58.0. The van der Waals surface area contributed by atoms with Crippen molar-refractivity contribution >= 4 is 29.8 Å². The van der Waals surface area contributed by atoms with Crippen molar-refractivity contribution in [3.8, 4) is 23.0 Å². The van der Waals surface area contributed by atoms with Gasteiger partial charge in [0.25, 0.3) is 0 Å². The fourth-order valence-corrected chi connectivity index (χ4v) is 18.7. The number of unbranched alkanes of at least 4 members (excludes halogenated alkanes) is 1. The summed E-state index contributed by atoms with van der Waals surface area (Å²) in [5.74, 6) is -8.61. The van der Waals surface area contributed by atoms with Crippen molar-refractivity contribution in [3.05, 3.63) is 94.8 Å². The third-order valence-electron chi connectivity index (χ3n) is 21.9. The molecule has 14 rings (SSSR count). The normalized spacial score (nSPS) is 43.3. The highest BCUT2D eigenvalue weighted by Crippen LogP contribution is 2.81. The van der Waals surface area contributed by atoms with Crippen LogP contribution in [0, 0.1) is 63.6 Å². The minimum Gasteiger partial charge on any atom is -0.508 e. The Morgan fingerprint density at radius 1 is 0.793 bits per heavy atom. The van der Waals surface area contributed by atoms with Crippen LogP contribution in [-0.4, -0.2) is 125 Å². The number of aromatic hydroxyl groups is 1. The molecule has 21 heteroatoms. The van der Waals surface area contributed by atoms with E-state index in [1.54, 1.807) is 54.2 Å². The first-order valence-corrected chi connectivity index (χ1v) is 28.6. The summed E-state index contributed by atoms with van der Waals surface area (Å²) in [6.07, 6.45) is -4.03. The van der Waals surface area contributed by atoms with Crippen LogP contribution in [0.25, 0.3) is 0 Å². The van der Waals surface area contributed by atoms with E-state index >= 15 is 0 Å². The second-order valence-electron chi connectivity index (χ2n) is 25.8. The Hall–Kier alpha value is -6.65. The first-order valence-electron chi connectivity index (χ1n) is 28.6. The third kappa shape index (κ3) is 6.87. The predicted octanol–water partition coefficient (Wildman–Crippen LogP) is 5.41. The zero-order chi connectivity index (χ0) is 57.7. The summed E-state index contributed by atoms with van der Waals surface area (Å²) in [7, 11) is 0. The van der Waals surface area contributed by atoms with Gasteiger partial charge in [-0.3, -0.25) is 19.1 Å². The quantitative estimate of drug-likeness (QED) is 0.0631. The number of esters is 5. The van der Waals surface area contributed by atoms with Crippen LogP contribution >= 0.6 is 0 Å². The Morgan fingerprint density at radius 2 is 1.51 bits per heavy atom. The van der Waals surface area contributed by atoms with Crippen LogP contribution in [0.4, 0.5) is 0 Å². The summed E-state index contributed by atoms with van der Waals surface area (Å²) in [6, 6.07) is 17.1. The Labute approximate surface area is 471 Å². The summed E-state index contributed by atoms with van der Waals surface area (Å²) in [5.41, 5.74) is -4.27. The molecule has 0 amide bonds. The molecule has 10 aliphatic rings. The van der Waals surface area contributed by atoms with Crippen molar-refractivity contribution in [2.45, 2.75) is 160 Å². The number of phenols is 1. The number of epoxide rings is 2. The summed E-state index contributed by atoms with van der Waals surface area (Å²) in [6.45, 7) is 14.1. The van der Waals surface area contributed by atoms with Crippen LogP contribution in [0.3, 0.4) is 0 Å². The molecule has 6 heterocycles. The number of aryl methyl sites for hydroxylation is 1. The van der Waals surface area contributed by atoms with Gasteiger partial charge in [0.15, 0.2) is 11.2 Å². The van der Waals surface area contributed by atoms with E-state index in [1.165, 1.54) is 32.9 Å². The maximum Gasteiger partial charge on any atom is 0.341 e. The lowest BCUT2D eigenvalue weighted by Crippen LogP contribution is -2.73. The average Bonchev–Trinajstić information content (AvgIpc) is 1.65. The molecule has 8 fully saturated rings. The van der Waals surface area contributed by atoms with Gasteiger partial charge in [-0.15, -0.1) is 5.10 Å². The van der Waals surface area contributed by atoms with Gasteiger partial charge >= 0.3 is 29.8 Å². The van der Waals surface area contributed by atoms with Crippen molar-refractivity contribution in [3.63, 3.8) is 0 Å². The number of nitrogens with zero attached hydrogens (tertiary/aromatic N) is 3. The zero-order valence-corrected chi connectivity index (χ0v) is 46.7. The van der Waals surface area contributed by atoms with Crippen molar-refractivity contribution in [2.24, 2.45) is 63.6 Å². The van der Waals surface area contributed by atoms with E-state index in [0.717, 1.165) is 0 Å². The van der Waals surface area contributed by atoms with Gasteiger partial charge < -0.3 is 63.1 Å². The molecule has 4 aromatic rings. The van der Waals surface area contributed by atoms with Crippen molar-refractivity contribution in [2.75, 3.05) is 0 Å². The fraction of sp³-hybridized carbons (Fsp3) is 0.590. The smallest absolute Gasteiger partial charge is 0.341 e. The van der Waals surface area contributed by atoms with E-state index in [1.807, 2.05) is 39.8 Å². The number of aromatic nitrogens is 3. The van der Waals surface area contributed by atoms with Gasteiger partial charge in [0.05, 0.1) is 35.5 Å². The molecule has 2 spiro atoms. The Morgan fingerprint density at radius 3 is 2.27 bits per heavy atom. The van der Waals surface area contributed by atoms with Crippen LogP contribution in [0.1, 0.15) is 114 Å². The standard InChI is InChI=1S/C61H67N3O18/c1-26-43-42(45-48(70)46-44(57(45,6)51(26)75-28(3)65)27(2)52-61(80-52)58(46,7)59(8,73)55(72)82-61)47(69)49(37-23-40-50(78-40)53(56(37,43)5)76-29(4)66)79-41(68)15-11-12-20-64-24-30(62-63-64)25-74-32-17-19-36-39(22-32)77-38-21-31(67)16-18-35(38)60(36)34-14-10-9-13-33(34)54(71)81-60/h9-10,13-14,16-19,21-22,24,26-27,37,40,42-53,67,69-70,73H,11-12,15,20,23,25H2,1-8H3/t26-,27-,37+,40-,42+,43-,44-,45+,46-,47+,48+,49-,50-,51-,52?,53-,56-,57+,58-,59+,60?,61?/m0/s1. The molecule has 3 saturated heterocycles.